The molecule has 1 heterocycles. The summed E-state index contributed by atoms with van der Waals surface area (Å²) in [5.74, 6) is -1.66. The number of carbonyl (C=O) groups is 2. The monoisotopic (exact) mass is 368 g/mol. The van der Waals surface area contributed by atoms with Crippen molar-refractivity contribution >= 4 is 22.8 Å². The van der Waals surface area contributed by atoms with E-state index in [9.17, 15) is 14.0 Å². The third-order valence-corrected chi connectivity index (χ3v) is 3.92. The number of halogens is 1. The fraction of sp³-hybridized carbons (Fsp3) is 0.150. The van der Waals surface area contributed by atoms with Gasteiger partial charge in [-0.05, 0) is 30.3 Å². The molecule has 0 saturated carbocycles. The second-order valence-corrected chi connectivity index (χ2v) is 5.69. The normalized spacial score (nSPS) is 10.4. The Morgan fingerprint density at radius 1 is 1.15 bits per heavy atom. The van der Waals surface area contributed by atoms with Crippen LogP contribution in [0.3, 0.4) is 0 Å². The lowest BCUT2D eigenvalue weighted by Gasteiger charge is -2.11. The number of rotatable bonds is 6. The Hall–Kier alpha value is -3.48. The van der Waals surface area contributed by atoms with Gasteiger partial charge < -0.3 is 14.8 Å². The predicted octanol–water partition coefficient (Wildman–Crippen LogP) is 2.86. The highest BCUT2D eigenvalue weighted by Gasteiger charge is 2.13. The highest BCUT2D eigenvalue weighted by molar-refractivity contribution is 5.97. The Bertz CT molecular complexity index is 991. The van der Waals surface area contributed by atoms with Crippen LogP contribution < -0.4 is 10.1 Å². The third-order valence-electron chi connectivity index (χ3n) is 3.92. The number of carbonyl (C=O) groups excluding carboxylic acids is 2. The summed E-state index contributed by atoms with van der Waals surface area (Å²) in [5, 5.41) is 3.52. The van der Waals surface area contributed by atoms with Gasteiger partial charge in [-0.3, -0.25) is 9.78 Å². The fourth-order valence-corrected chi connectivity index (χ4v) is 2.49. The Morgan fingerprint density at radius 3 is 2.81 bits per heavy atom. The van der Waals surface area contributed by atoms with E-state index in [1.807, 2.05) is 6.07 Å². The number of amides is 1. The number of pyridine rings is 1. The van der Waals surface area contributed by atoms with Crippen LogP contribution in [0.1, 0.15) is 15.9 Å². The van der Waals surface area contributed by atoms with Crippen LogP contribution >= 0.6 is 0 Å². The molecule has 0 spiro atoms. The average molecular weight is 368 g/mol. The quantitative estimate of drug-likeness (QED) is 0.677. The van der Waals surface area contributed by atoms with Crippen molar-refractivity contribution in [3.63, 3.8) is 0 Å². The molecule has 2 aromatic carbocycles. The minimum atomic E-state index is -0.635. The van der Waals surface area contributed by atoms with Crippen molar-refractivity contribution in [2.24, 2.45) is 0 Å². The third kappa shape index (κ3) is 4.38. The number of fused-ring (bicyclic) bond motifs is 1. The van der Waals surface area contributed by atoms with Gasteiger partial charge in [0.15, 0.2) is 18.2 Å². The summed E-state index contributed by atoms with van der Waals surface area (Å²) in [6.45, 7) is -0.417. The minimum absolute atomic E-state index is 0.0227. The van der Waals surface area contributed by atoms with E-state index in [0.717, 1.165) is 10.9 Å². The van der Waals surface area contributed by atoms with Gasteiger partial charge in [-0.15, -0.1) is 0 Å². The number of hydrogen-bond donors (Lipinski definition) is 1. The maximum absolute atomic E-state index is 14.5. The van der Waals surface area contributed by atoms with Crippen molar-refractivity contribution in [2.75, 3.05) is 13.7 Å². The number of nitrogens with one attached hydrogen (secondary N) is 1. The lowest BCUT2D eigenvalue weighted by Crippen LogP contribution is -2.23. The molecule has 0 bridgehead atoms. The number of nitrogens with zero attached hydrogens (tertiary/aromatic N) is 1. The average Bonchev–Trinajstić information content (AvgIpc) is 2.71. The molecule has 7 heteroatoms. The van der Waals surface area contributed by atoms with Crippen LogP contribution in [0.25, 0.3) is 10.9 Å². The molecule has 3 aromatic rings. The summed E-state index contributed by atoms with van der Waals surface area (Å²) in [5.41, 5.74) is 1.48. The summed E-state index contributed by atoms with van der Waals surface area (Å²) in [4.78, 5) is 27.7. The highest BCUT2D eigenvalue weighted by Crippen LogP contribution is 2.21. The number of hydrogen-bond acceptors (Lipinski definition) is 5. The van der Waals surface area contributed by atoms with E-state index in [0.29, 0.717) is 5.56 Å². The molecule has 0 unspecified atom stereocenters. The SMILES string of the molecule is COC(=O)COc1cccc(CNC(=O)c2ccc3ncccc3c2)c1F. The molecule has 27 heavy (non-hydrogen) atoms. The number of esters is 1. The highest BCUT2D eigenvalue weighted by atomic mass is 19.1. The van der Waals surface area contributed by atoms with Gasteiger partial charge in [0, 0.05) is 29.3 Å². The number of ether oxygens (including phenoxy) is 2. The first-order valence-corrected chi connectivity index (χ1v) is 8.18. The maximum atomic E-state index is 14.5. The van der Waals surface area contributed by atoms with Gasteiger partial charge >= 0.3 is 5.97 Å². The molecule has 1 N–H and O–H groups in total. The van der Waals surface area contributed by atoms with E-state index in [1.165, 1.54) is 19.2 Å². The van der Waals surface area contributed by atoms with E-state index in [1.54, 1.807) is 36.5 Å². The zero-order valence-corrected chi connectivity index (χ0v) is 14.6. The molecule has 138 valence electrons. The zero-order chi connectivity index (χ0) is 19.2. The van der Waals surface area contributed by atoms with Crippen LogP contribution in [0.4, 0.5) is 4.39 Å². The maximum Gasteiger partial charge on any atom is 0.343 e. The van der Waals surface area contributed by atoms with Gasteiger partial charge in [-0.1, -0.05) is 18.2 Å². The van der Waals surface area contributed by atoms with Crippen molar-refractivity contribution in [1.82, 2.24) is 10.3 Å². The molecule has 0 radical (unpaired) electrons. The lowest BCUT2D eigenvalue weighted by molar-refractivity contribution is -0.142. The van der Waals surface area contributed by atoms with Gasteiger partial charge in [0.05, 0.1) is 12.6 Å². The Balaban J connectivity index is 1.68. The standard InChI is InChI=1S/C20H17FN2O4/c1-26-18(24)12-27-17-6-2-4-15(19(17)21)11-23-20(25)14-7-8-16-13(10-14)5-3-9-22-16/h2-10H,11-12H2,1H3,(H,23,25). The summed E-state index contributed by atoms with van der Waals surface area (Å²) >= 11 is 0. The predicted molar refractivity (Wildman–Crippen MR) is 96.8 cm³/mol. The number of methoxy groups -OCH3 is 1. The van der Waals surface area contributed by atoms with Crippen LogP contribution in [0.5, 0.6) is 5.75 Å². The smallest absolute Gasteiger partial charge is 0.343 e. The zero-order valence-electron chi connectivity index (χ0n) is 14.6. The van der Waals surface area contributed by atoms with Crippen LogP contribution in [0.15, 0.2) is 54.7 Å². The molecule has 0 saturated heterocycles. The first-order chi connectivity index (χ1) is 13.1. The summed E-state index contributed by atoms with van der Waals surface area (Å²) in [6.07, 6.45) is 1.68. The molecule has 0 aliphatic rings. The molecular formula is C20H17FN2O4. The first-order valence-electron chi connectivity index (χ1n) is 8.18. The Kier molecular flexibility index (Phi) is 5.61. The molecule has 0 aliphatic heterocycles. The van der Waals surface area contributed by atoms with Gasteiger partial charge in [0.25, 0.3) is 5.91 Å². The molecule has 0 atom stereocenters. The first kappa shape index (κ1) is 18.3. The van der Waals surface area contributed by atoms with E-state index < -0.39 is 18.4 Å². The van der Waals surface area contributed by atoms with Crippen molar-refractivity contribution in [3.05, 3.63) is 71.7 Å². The van der Waals surface area contributed by atoms with Crippen LogP contribution in [0, 0.1) is 5.82 Å². The van der Waals surface area contributed by atoms with Gasteiger partial charge in [0.2, 0.25) is 0 Å². The largest absolute Gasteiger partial charge is 0.479 e. The lowest BCUT2D eigenvalue weighted by atomic mass is 10.1. The summed E-state index contributed by atoms with van der Waals surface area (Å²) in [6, 6.07) is 13.3. The van der Waals surface area contributed by atoms with Crippen molar-refractivity contribution in [2.45, 2.75) is 6.54 Å². The fourth-order valence-electron chi connectivity index (χ4n) is 2.49. The topological polar surface area (TPSA) is 77.5 Å². The molecule has 0 aliphatic carbocycles. The van der Waals surface area contributed by atoms with Crippen molar-refractivity contribution in [3.8, 4) is 5.75 Å². The minimum Gasteiger partial charge on any atom is -0.479 e. The van der Waals surface area contributed by atoms with Crippen LogP contribution in [-0.4, -0.2) is 30.6 Å². The molecule has 0 fully saturated rings. The van der Waals surface area contributed by atoms with Gasteiger partial charge in [-0.2, -0.15) is 0 Å². The summed E-state index contributed by atoms with van der Waals surface area (Å²) in [7, 11) is 1.22. The van der Waals surface area contributed by atoms with Crippen molar-refractivity contribution in [1.29, 1.82) is 0 Å². The molecule has 1 aromatic heterocycles. The van der Waals surface area contributed by atoms with E-state index >= 15 is 0 Å². The van der Waals surface area contributed by atoms with Gasteiger partial charge in [-0.25, -0.2) is 9.18 Å². The van der Waals surface area contributed by atoms with Crippen LogP contribution in [-0.2, 0) is 16.1 Å². The number of aromatic nitrogens is 1. The van der Waals surface area contributed by atoms with E-state index in [4.69, 9.17) is 4.74 Å². The number of benzene rings is 2. The van der Waals surface area contributed by atoms with Crippen LogP contribution in [0.2, 0.25) is 0 Å². The van der Waals surface area contributed by atoms with E-state index in [-0.39, 0.29) is 23.8 Å². The second kappa shape index (κ2) is 8.27. The Morgan fingerprint density at radius 2 is 2.00 bits per heavy atom. The molecular weight excluding hydrogens is 351 g/mol. The molecule has 6 nitrogen and oxygen atoms in total. The second-order valence-electron chi connectivity index (χ2n) is 5.69. The van der Waals surface area contributed by atoms with Crippen molar-refractivity contribution < 1.29 is 23.5 Å². The summed E-state index contributed by atoms with van der Waals surface area (Å²) < 4.78 is 24.0. The molecule has 3 rings (SSSR count). The molecule has 1 amide bonds. The Labute approximate surface area is 154 Å². The van der Waals surface area contributed by atoms with E-state index in [2.05, 4.69) is 15.0 Å². The van der Waals surface area contributed by atoms with Gasteiger partial charge in [0.1, 0.15) is 0 Å².